The van der Waals surface area contributed by atoms with Crippen LogP contribution in [0, 0.1) is 5.92 Å². The predicted octanol–water partition coefficient (Wildman–Crippen LogP) is 1.48. The number of likely N-dealkylation sites (tertiary alicyclic amines) is 2. The lowest BCUT2D eigenvalue weighted by Gasteiger charge is -2.49. The van der Waals surface area contributed by atoms with Gasteiger partial charge >= 0.3 is 5.92 Å². The lowest BCUT2D eigenvalue weighted by Crippen LogP contribution is -2.65. The fourth-order valence-electron chi connectivity index (χ4n) is 4.04. The number of hydrogen-bond acceptors (Lipinski definition) is 3. The maximum Gasteiger partial charge on any atom is 0.352 e. The molecule has 1 amide bonds. The first-order valence-electron chi connectivity index (χ1n) is 7.95. The monoisotopic (exact) mass is 302 g/mol. The molecule has 3 rings (SSSR count). The first kappa shape index (κ1) is 15.2. The first-order chi connectivity index (χ1) is 9.85. The van der Waals surface area contributed by atoms with Gasteiger partial charge in [-0.2, -0.15) is 8.78 Å². The van der Waals surface area contributed by atoms with E-state index in [-0.39, 0.29) is 24.8 Å². The zero-order chi connectivity index (χ0) is 15.3. The first-order valence-corrected chi connectivity index (χ1v) is 7.95. The number of rotatable bonds is 2. The minimum Gasteiger partial charge on any atom is -0.383 e. The van der Waals surface area contributed by atoms with Gasteiger partial charge in [-0.15, -0.1) is 0 Å². The molecule has 2 atom stereocenters. The third-order valence-corrected chi connectivity index (χ3v) is 5.57. The number of halogens is 2. The van der Waals surface area contributed by atoms with Crippen LogP contribution in [0.3, 0.4) is 0 Å². The van der Waals surface area contributed by atoms with Gasteiger partial charge in [0.05, 0.1) is 0 Å². The molecule has 0 spiro atoms. The van der Waals surface area contributed by atoms with Crippen molar-refractivity contribution in [2.45, 2.75) is 56.1 Å². The van der Waals surface area contributed by atoms with Gasteiger partial charge in [-0.3, -0.25) is 4.79 Å². The number of alkyl halides is 2. The zero-order valence-electron chi connectivity index (χ0n) is 12.5. The van der Waals surface area contributed by atoms with E-state index in [1.54, 1.807) is 0 Å². The lowest BCUT2D eigenvalue weighted by atomic mass is 9.74. The lowest BCUT2D eigenvalue weighted by molar-refractivity contribution is -0.227. The quantitative estimate of drug-likeness (QED) is 0.840. The van der Waals surface area contributed by atoms with Gasteiger partial charge in [-0.1, -0.05) is 0 Å². The maximum atomic E-state index is 14.4. The van der Waals surface area contributed by atoms with Crippen molar-refractivity contribution in [2.75, 3.05) is 26.7 Å². The van der Waals surface area contributed by atoms with Crippen molar-refractivity contribution in [2.24, 2.45) is 5.92 Å². The molecule has 0 aromatic heterocycles. The van der Waals surface area contributed by atoms with Crippen LogP contribution in [0.25, 0.3) is 0 Å². The molecule has 4 nitrogen and oxygen atoms in total. The van der Waals surface area contributed by atoms with Gasteiger partial charge in [0.2, 0.25) is 0 Å². The van der Waals surface area contributed by atoms with E-state index < -0.39 is 17.4 Å². The summed E-state index contributed by atoms with van der Waals surface area (Å²) in [6.07, 6.45) is 3.13. The number of piperidine rings is 2. The number of hydrogen-bond donors (Lipinski definition) is 1. The molecule has 0 aromatic carbocycles. The Hall–Kier alpha value is -0.750. The van der Waals surface area contributed by atoms with Gasteiger partial charge in [-0.05, 0) is 58.0 Å². The molecule has 2 saturated heterocycles. The smallest absolute Gasteiger partial charge is 0.352 e. The molecule has 1 saturated carbocycles. The van der Waals surface area contributed by atoms with Gasteiger partial charge in [0, 0.05) is 19.1 Å². The minimum atomic E-state index is -3.64. The zero-order valence-corrected chi connectivity index (χ0v) is 12.5. The topological polar surface area (TPSA) is 43.8 Å². The summed E-state index contributed by atoms with van der Waals surface area (Å²) >= 11 is 0. The van der Waals surface area contributed by atoms with E-state index in [0.29, 0.717) is 13.0 Å². The van der Waals surface area contributed by atoms with Crippen molar-refractivity contribution < 1.29 is 18.7 Å². The van der Waals surface area contributed by atoms with Crippen LogP contribution < -0.4 is 0 Å². The van der Waals surface area contributed by atoms with Crippen molar-refractivity contribution in [1.29, 1.82) is 0 Å². The Morgan fingerprint density at radius 3 is 2.57 bits per heavy atom. The summed E-state index contributed by atoms with van der Waals surface area (Å²) in [7, 11) is 2.03. The van der Waals surface area contributed by atoms with Crippen molar-refractivity contribution in [1.82, 2.24) is 9.80 Å². The third kappa shape index (κ3) is 2.36. The Bertz CT molecular complexity index is 426. The molecule has 3 aliphatic rings. The molecule has 2 heterocycles. The molecule has 2 aliphatic heterocycles. The molecule has 2 unspecified atom stereocenters. The van der Waals surface area contributed by atoms with Crippen LogP contribution in [0.1, 0.15) is 38.5 Å². The van der Waals surface area contributed by atoms with Crippen LogP contribution in [0.4, 0.5) is 8.78 Å². The number of carbonyl (C=O) groups is 1. The second kappa shape index (κ2) is 5.16. The summed E-state index contributed by atoms with van der Waals surface area (Å²) in [5.41, 5.74) is -2.11. The summed E-state index contributed by atoms with van der Waals surface area (Å²) in [5.74, 6) is -4.51. The Morgan fingerprint density at radius 2 is 1.95 bits per heavy atom. The molecule has 6 heteroatoms. The van der Waals surface area contributed by atoms with Crippen molar-refractivity contribution >= 4 is 5.91 Å². The highest BCUT2D eigenvalue weighted by molar-refractivity contribution is 5.85. The van der Waals surface area contributed by atoms with Gasteiger partial charge in [0.1, 0.15) is 5.60 Å². The van der Waals surface area contributed by atoms with Gasteiger partial charge in [0.15, 0.2) is 0 Å². The predicted molar refractivity (Wildman–Crippen MR) is 74.1 cm³/mol. The molecular formula is C15H24F2N2O2. The number of carbonyl (C=O) groups excluding carboxylic acids is 1. The maximum absolute atomic E-state index is 14.4. The van der Waals surface area contributed by atoms with Crippen molar-refractivity contribution in [3.8, 4) is 0 Å². The fourth-order valence-corrected chi connectivity index (χ4v) is 4.04. The van der Waals surface area contributed by atoms with Gasteiger partial charge in [0.25, 0.3) is 5.91 Å². The Morgan fingerprint density at radius 1 is 1.24 bits per heavy atom. The molecule has 120 valence electrons. The van der Waals surface area contributed by atoms with Crippen LogP contribution >= 0.6 is 0 Å². The minimum absolute atomic E-state index is 0.0242. The molecule has 0 aromatic rings. The number of aliphatic hydroxyl groups is 1. The summed E-state index contributed by atoms with van der Waals surface area (Å²) in [6, 6.07) is -0.0861. The highest BCUT2D eigenvalue weighted by Crippen LogP contribution is 2.46. The van der Waals surface area contributed by atoms with Crippen LogP contribution in [0.5, 0.6) is 0 Å². The average Bonchev–Trinajstić information content (AvgIpc) is 2.42. The molecule has 21 heavy (non-hydrogen) atoms. The molecule has 1 N–H and O–H groups in total. The SMILES string of the molecule is CN1CCC2C(CCCN2C(=O)C(F)(F)C2(O)CCC2)C1. The largest absolute Gasteiger partial charge is 0.383 e. The third-order valence-electron chi connectivity index (χ3n) is 5.57. The molecule has 3 fully saturated rings. The number of nitrogens with zero attached hydrogens (tertiary/aromatic N) is 2. The standard InChI is InChI=1S/C15H24F2N2O2/c1-18-9-5-12-11(10-18)4-2-8-19(12)13(20)15(16,17)14(21)6-3-7-14/h11-12,21H,2-10H2,1H3. The fraction of sp³-hybridized carbons (Fsp3) is 0.933. The Labute approximate surface area is 124 Å². The Kier molecular flexibility index (Phi) is 3.72. The van der Waals surface area contributed by atoms with Crippen LogP contribution in [0.15, 0.2) is 0 Å². The highest BCUT2D eigenvalue weighted by Gasteiger charge is 2.63. The molecule has 1 aliphatic carbocycles. The summed E-state index contributed by atoms with van der Waals surface area (Å²) in [4.78, 5) is 16.0. The van der Waals surface area contributed by atoms with E-state index in [1.807, 2.05) is 7.05 Å². The normalized spacial score (nSPS) is 33.2. The average molecular weight is 302 g/mol. The van der Waals surface area contributed by atoms with E-state index in [2.05, 4.69) is 4.90 Å². The number of amides is 1. The van der Waals surface area contributed by atoms with E-state index in [1.165, 1.54) is 4.90 Å². The van der Waals surface area contributed by atoms with E-state index in [0.717, 1.165) is 32.4 Å². The van der Waals surface area contributed by atoms with E-state index in [4.69, 9.17) is 0 Å². The molecule has 0 radical (unpaired) electrons. The second-order valence-electron chi connectivity index (χ2n) is 6.98. The van der Waals surface area contributed by atoms with E-state index in [9.17, 15) is 18.7 Å². The molecular weight excluding hydrogens is 278 g/mol. The summed E-state index contributed by atoms with van der Waals surface area (Å²) in [6.45, 7) is 2.10. The highest BCUT2D eigenvalue weighted by atomic mass is 19.3. The van der Waals surface area contributed by atoms with E-state index >= 15 is 0 Å². The summed E-state index contributed by atoms with van der Waals surface area (Å²) < 4.78 is 28.8. The molecule has 0 bridgehead atoms. The van der Waals surface area contributed by atoms with Gasteiger partial charge < -0.3 is 14.9 Å². The van der Waals surface area contributed by atoms with Crippen LogP contribution in [0.2, 0.25) is 0 Å². The van der Waals surface area contributed by atoms with Gasteiger partial charge in [-0.25, -0.2) is 0 Å². The van der Waals surface area contributed by atoms with Crippen LogP contribution in [-0.4, -0.2) is 65.1 Å². The summed E-state index contributed by atoms with van der Waals surface area (Å²) in [5, 5.41) is 9.97. The number of fused-ring (bicyclic) bond motifs is 1. The Balaban J connectivity index is 1.77. The van der Waals surface area contributed by atoms with Crippen molar-refractivity contribution in [3.05, 3.63) is 0 Å². The second-order valence-corrected chi connectivity index (χ2v) is 6.98. The van der Waals surface area contributed by atoms with Crippen molar-refractivity contribution in [3.63, 3.8) is 0 Å². The van der Waals surface area contributed by atoms with Crippen LogP contribution in [-0.2, 0) is 4.79 Å².